The number of aromatic nitrogens is 2. The summed E-state index contributed by atoms with van der Waals surface area (Å²) >= 11 is 0. The van der Waals surface area contributed by atoms with Crippen molar-refractivity contribution in [3.8, 4) is 0 Å². The molecule has 6 heteroatoms. The molecule has 2 aromatic rings. The fourth-order valence-corrected chi connectivity index (χ4v) is 3.24. The highest BCUT2D eigenvalue weighted by molar-refractivity contribution is 5.94. The van der Waals surface area contributed by atoms with E-state index in [1.165, 1.54) is 44.6 Å². The molecule has 0 aromatic carbocycles. The Labute approximate surface area is 148 Å². The largest absolute Gasteiger partial charge is 0.472 e. The monoisotopic (exact) mass is 342 g/mol. The first-order chi connectivity index (χ1) is 12.1. The molecule has 0 bridgehead atoms. The van der Waals surface area contributed by atoms with Crippen LogP contribution in [0.15, 0.2) is 29.2 Å². The average Bonchev–Trinajstić information content (AvgIpc) is 3.09. The number of rotatable bonds is 4. The molecule has 2 aromatic heterocycles. The van der Waals surface area contributed by atoms with Gasteiger partial charge in [0.1, 0.15) is 6.26 Å². The summed E-state index contributed by atoms with van der Waals surface area (Å²) in [6.45, 7) is 5.96. The van der Waals surface area contributed by atoms with Crippen LogP contribution in [0.25, 0.3) is 0 Å². The predicted octanol–water partition coefficient (Wildman–Crippen LogP) is 3.64. The number of hydrogen-bond donors (Lipinski definition) is 1. The van der Waals surface area contributed by atoms with Gasteiger partial charge in [-0.15, -0.1) is 0 Å². The van der Waals surface area contributed by atoms with Gasteiger partial charge in [-0.25, -0.2) is 9.97 Å². The topological polar surface area (TPSA) is 71.3 Å². The minimum Gasteiger partial charge on any atom is -0.472 e. The molecule has 1 aliphatic heterocycles. The van der Waals surface area contributed by atoms with E-state index in [2.05, 4.69) is 15.2 Å². The van der Waals surface area contributed by atoms with E-state index >= 15 is 0 Å². The number of carbonyl (C=O) groups excluding carboxylic acids is 1. The lowest BCUT2D eigenvalue weighted by Gasteiger charge is -2.25. The molecule has 1 aliphatic rings. The van der Waals surface area contributed by atoms with Gasteiger partial charge in [0.05, 0.1) is 17.9 Å². The van der Waals surface area contributed by atoms with Crippen LogP contribution in [0.3, 0.4) is 0 Å². The summed E-state index contributed by atoms with van der Waals surface area (Å²) in [5.74, 6) is 0.644. The maximum Gasteiger partial charge on any atom is 0.255 e. The second-order valence-corrected chi connectivity index (χ2v) is 6.67. The Bertz CT molecular complexity index is 691. The minimum absolute atomic E-state index is 0.159. The number of aryl methyl sites for hydroxylation is 1. The third-order valence-corrected chi connectivity index (χ3v) is 4.74. The highest BCUT2D eigenvalue weighted by Gasteiger charge is 2.17. The summed E-state index contributed by atoms with van der Waals surface area (Å²) in [5.41, 5.74) is 2.36. The third-order valence-electron chi connectivity index (χ3n) is 4.74. The highest BCUT2D eigenvalue weighted by atomic mass is 16.3. The van der Waals surface area contributed by atoms with Gasteiger partial charge in [-0.05, 0) is 32.8 Å². The molecular weight excluding hydrogens is 316 g/mol. The second kappa shape index (κ2) is 8.14. The molecule has 1 atom stereocenters. The van der Waals surface area contributed by atoms with Crippen molar-refractivity contribution in [2.75, 3.05) is 18.0 Å². The summed E-state index contributed by atoms with van der Waals surface area (Å²) in [6, 6.07) is 1.49. The van der Waals surface area contributed by atoms with E-state index in [9.17, 15) is 4.79 Å². The average molecular weight is 342 g/mol. The molecule has 1 fully saturated rings. The lowest BCUT2D eigenvalue weighted by Crippen LogP contribution is -2.30. The van der Waals surface area contributed by atoms with Crippen molar-refractivity contribution in [2.24, 2.45) is 0 Å². The van der Waals surface area contributed by atoms with E-state index in [-0.39, 0.29) is 11.9 Å². The van der Waals surface area contributed by atoms with Gasteiger partial charge >= 0.3 is 0 Å². The quantitative estimate of drug-likeness (QED) is 0.918. The van der Waals surface area contributed by atoms with Crippen molar-refractivity contribution in [3.63, 3.8) is 0 Å². The summed E-state index contributed by atoms with van der Waals surface area (Å²) in [6.07, 6.45) is 11.1. The molecule has 1 N–H and O–H groups in total. The summed E-state index contributed by atoms with van der Waals surface area (Å²) in [7, 11) is 0. The van der Waals surface area contributed by atoms with Crippen molar-refractivity contribution >= 4 is 11.9 Å². The Balaban J connectivity index is 1.69. The highest BCUT2D eigenvalue weighted by Crippen LogP contribution is 2.20. The van der Waals surface area contributed by atoms with E-state index in [1.807, 2.05) is 20.0 Å². The van der Waals surface area contributed by atoms with Crippen LogP contribution >= 0.6 is 0 Å². The molecule has 134 valence electrons. The molecule has 0 saturated carbocycles. The Kier molecular flexibility index (Phi) is 5.68. The van der Waals surface area contributed by atoms with Gasteiger partial charge in [0.2, 0.25) is 5.95 Å². The van der Waals surface area contributed by atoms with Crippen LogP contribution < -0.4 is 10.2 Å². The van der Waals surface area contributed by atoms with Gasteiger partial charge in [-0.3, -0.25) is 4.79 Å². The molecule has 3 rings (SSSR count). The summed E-state index contributed by atoms with van der Waals surface area (Å²) in [4.78, 5) is 23.7. The normalized spacial score (nSPS) is 16.8. The zero-order valence-electron chi connectivity index (χ0n) is 15.0. The maximum atomic E-state index is 12.2. The van der Waals surface area contributed by atoms with E-state index < -0.39 is 0 Å². The molecule has 25 heavy (non-hydrogen) atoms. The molecule has 6 nitrogen and oxygen atoms in total. The number of nitrogens with one attached hydrogen (secondary N) is 1. The third kappa shape index (κ3) is 4.38. The Morgan fingerprint density at radius 3 is 2.60 bits per heavy atom. The number of amides is 1. The van der Waals surface area contributed by atoms with Crippen LogP contribution in [0.2, 0.25) is 0 Å². The second-order valence-electron chi connectivity index (χ2n) is 6.67. The summed E-state index contributed by atoms with van der Waals surface area (Å²) in [5, 5.41) is 2.96. The Morgan fingerprint density at radius 1 is 1.24 bits per heavy atom. The number of furan rings is 1. The molecule has 1 unspecified atom stereocenters. The van der Waals surface area contributed by atoms with Crippen LogP contribution in [0.1, 0.15) is 66.7 Å². The lowest BCUT2D eigenvalue weighted by molar-refractivity contribution is 0.0939. The number of nitrogens with zero attached hydrogens (tertiary/aromatic N) is 3. The van der Waals surface area contributed by atoms with Crippen LogP contribution in [0, 0.1) is 6.92 Å². The first kappa shape index (κ1) is 17.5. The predicted molar refractivity (Wildman–Crippen MR) is 96.7 cm³/mol. The van der Waals surface area contributed by atoms with Gasteiger partial charge in [0, 0.05) is 30.5 Å². The molecule has 0 radical (unpaired) electrons. The first-order valence-electron chi connectivity index (χ1n) is 9.06. The summed E-state index contributed by atoms with van der Waals surface area (Å²) < 4.78 is 4.96. The van der Waals surface area contributed by atoms with Gasteiger partial charge in [-0.1, -0.05) is 19.3 Å². The van der Waals surface area contributed by atoms with Gasteiger partial charge in [-0.2, -0.15) is 0 Å². The van der Waals surface area contributed by atoms with E-state index in [4.69, 9.17) is 9.40 Å². The number of carbonyl (C=O) groups is 1. The van der Waals surface area contributed by atoms with E-state index in [1.54, 1.807) is 6.07 Å². The van der Waals surface area contributed by atoms with Crippen LogP contribution in [0.5, 0.6) is 0 Å². The molecule has 0 aliphatic carbocycles. The zero-order valence-corrected chi connectivity index (χ0v) is 15.0. The number of hydrogen-bond acceptors (Lipinski definition) is 5. The molecule has 1 saturated heterocycles. The standard InChI is InChI=1S/C19H26N4O2/c1-14(21-18(24)16-8-11-25-13-16)17-12-20-19(22-15(17)2)23-9-6-4-3-5-7-10-23/h8,11-14H,3-7,9-10H2,1-2H3,(H,21,24). The number of anilines is 1. The van der Waals surface area contributed by atoms with Gasteiger partial charge in [0.15, 0.2) is 0 Å². The minimum atomic E-state index is -0.163. The van der Waals surface area contributed by atoms with E-state index in [0.29, 0.717) is 5.56 Å². The smallest absolute Gasteiger partial charge is 0.255 e. The van der Waals surface area contributed by atoms with Crippen LogP contribution in [0.4, 0.5) is 5.95 Å². The maximum absolute atomic E-state index is 12.2. The van der Waals surface area contributed by atoms with Crippen LogP contribution in [-0.2, 0) is 0 Å². The van der Waals surface area contributed by atoms with E-state index in [0.717, 1.165) is 30.3 Å². The van der Waals surface area contributed by atoms with Gasteiger partial charge < -0.3 is 14.6 Å². The first-order valence-corrected chi connectivity index (χ1v) is 9.06. The fourth-order valence-electron chi connectivity index (χ4n) is 3.24. The molecule has 1 amide bonds. The SMILES string of the molecule is Cc1nc(N2CCCCCCC2)ncc1C(C)NC(=O)c1ccoc1. The van der Waals surface area contributed by atoms with Crippen molar-refractivity contribution in [2.45, 2.75) is 52.0 Å². The Morgan fingerprint density at radius 2 is 1.96 bits per heavy atom. The van der Waals surface area contributed by atoms with Crippen molar-refractivity contribution < 1.29 is 9.21 Å². The fraction of sp³-hybridized carbons (Fsp3) is 0.526. The van der Waals surface area contributed by atoms with Gasteiger partial charge in [0.25, 0.3) is 5.91 Å². The lowest BCUT2D eigenvalue weighted by atomic mass is 10.1. The van der Waals surface area contributed by atoms with Crippen molar-refractivity contribution in [3.05, 3.63) is 41.6 Å². The zero-order chi connectivity index (χ0) is 17.6. The van der Waals surface area contributed by atoms with Crippen LogP contribution in [-0.4, -0.2) is 29.0 Å². The molecule has 0 spiro atoms. The molecule has 3 heterocycles. The molecular formula is C19H26N4O2. The van der Waals surface area contributed by atoms with Crippen molar-refractivity contribution in [1.29, 1.82) is 0 Å². The van der Waals surface area contributed by atoms with Crippen molar-refractivity contribution in [1.82, 2.24) is 15.3 Å². The Hall–Kier alpha value is -2.37.